The van der Waals surface area contributed by atoms with E-state index >= 15 is 0 Å². The van der Waals surface area contributed by atoms with E-state index in [0.717, 1.165) is 128 Å². The summed E-state index contributed by atoms with van der Waals surface area (Å²) in [6.07, 6.45) is 16.8. The zero-order valence-corrected chi connectivity index (χ0v) is 24.9. The molecule has 1 aromatic rings. The van der Waals surface area contributed by atoms with Crippen LogP contribution >= 0.6 is 0 Å². The van der Waals surface area contributed by atoms with Gasteiger partial charge < -0.3 is 18.9 Å². The molecule has 8 heteroatoms. The monoisotopic (exact) mass is 582 g/mol. The SMILES string of the molecule is O=C(OC1CCCCC1)c1ccc(C(=O)OC2CCCCC2)c(C(=O)OC2CCCCC2)c1C(=O)OC1CCCCC1. The number of benzene rings is 1. The Hall–Kier alpha value is -2.90. The Labute approximate surface area is 249 Å². The maximum Gasteiger partial charge on any atom is 0.340 e. The molecule has 0 atom stereocenters. The number of esters is 4. The summed E-state index contributed by atoms with van der Waals surface area (Å²) in [5, 5.41) is 0. The molecule has 0 radical (unpaired) electrons. The van der Waals surface area contributed by atoms with E-state index in [9.17, 15) is 19.2 Å². The summed E-state index contributed by atoms with van der Waals surface area (Å²) in [4.78, 5) is 55.0. The number of rotatable bonds is 8. The van der Waals surface area contributed by atoms with Crippen LogP contribution in [-0.2, 0) is 18.9 Å². The molecule has 0 unspecified atom stereocenters. The zero-order valence-electron chi connectivity index (χ0n) is 24.9. The van der Waals surface area contributed by atoms with Crippen molar-refractivity contribution in [1.82, 2.24) is 0 Å². The van der Waals surface area contributed by atoms with Gasteiger partial charge in [-0.1, -0.05) is 25.7 Å². The van der Waals surface area contributed by atoms with Gasteiger partial charge in [0.15, 0.2) is 0 Å². The van der Waals surface area contributed by atoms with Crippen LogP contribution < -0.4 is 0 Å². The van der Waals surface area contributed by atoms with Crippen LogP contribution in [0.15, 0.2) is 12.1 Å². The van der Waals surface area contributed by atoms with Crippen LogP contribution in [0.3, 0.4) is 0 Å². The van der Waals surface area contributed by atoms with Crippen LogP contribution in [0.25, 0.3) is 0 Å². The predicted octanol–water partition coefficient (Wildman–Crippen LogP) is 7.64. The van der Waals surface area contributed by atoms with Crippen molar-refractivity contribution < 1.29 is 38.1 Å². The highest BCUT2D eigenvalue weighted by molar-refractivity contribution is 6.15. The van der Waals surface area contributed by atoms with Crippen molar-refractivity contribution >= 4 is 23.9 Å². The quantitative estimate of drug-likeness (QED) is 0.227. The highest BCUT2D eigenvalue weighted by atomic mass is 16.6. The van der Waals surface area contributed by atoms with Crippen molar-refractivity contribution in [2.45, 2.75) is 153 Å². The molecule has 0 amide bonds. The van der Waals surface area contributed by atoms with Crippen molar-refractivity contribution in [3.05, 3.63) is 34.4 Å². The fourth-order valence-electron chi connectivity index (χ4n) is 6.95. The Bertz CT molecular complexity index is 1020. The van der Waals surface area contributed by atoms with E-state index in [0.29, 0.717) is 0 Å². The number of ether oxygens (including phenoxy) is 4. The first-order chi connectivity index (χ1) is 20.5. The number of carbonyl (C=O) groups is 4. The van der Waals surface area contributed by atoms with E-state index in [1.165, 1.54) is 12.1 Å². The van der Waals surface area contributed by atoms with Gasteiger partial charge >= 0.3 is 23.9 Å². The summed E-state index contributed by atoms with van der Waals surface area (Å²) in [7, 11) is 0. The van der Waals surface area contributed by atoms with Crippen LogP contribution in [0, 0.1) is 0 Å². The lowest BCUT2D eigenvalue weighted by Gasteiger charge is -2.26. The average Bonchev–Trinajstić information content (AvgIpc) is 3.02. The zero-order chi connectivity index (χ0) is 29.3. The molecule has 4 saturated carbocycles. The van der Waals surface area contributed by atoms with E-state index in [-0.39, 0.29) is 46.7 Å². The van der Waals surface area contributed by atoms with Crippen LogP contribution in [0.1, 0.15) is 170 Å². The van der Waals surface area contributed by atoms with Crippen molar-refractivity contribution in [1.29, 1.82) is 0 Å². The van der Waals surface area contributed by atoms with Gasteiger partial charge in [-0.2, -0.15) is 0 Å². The lowest BCUT2D eigenvalue weighted by atomic mass is 9.93. The summed E-state index contributed by atoms with van der Waals surface area (Å²) in [5.74, 6) is -2.95. The standard InChI is InChI=1S/C34H46O8/c35-31(39-23-13-5-1-6-14-23)27-21-22-28(32(36)40-24-15-7-2-8-16-24)30(34(38)42-26-19-11-4-12-20-26)29(27)33(37)41-25-17-9-3-10-18-25/h21-26H,1-20H2. The molecular weight excluding hydrogens is 536 g/mol. The highest BCUT2D eigenvalue weighted by Crippen LogP contribution is 2.31. The Morgan fingerprint density at radius 1 is 0.381 bits per heavy atom. The predicted molar refractivity (Wildman–Crippen MR) is 156 cm³/mol. The van der Waals surface area contributed by atoms with Gasteiger partial charge in [0.2, 0.25) is 0 Å². The van der Waals surface area contributed by atoms with Gasteiger partial charge in [-0.05, 0) is 115 Å². The van der Waals surface area contributed by atoms with Crippen molar-refractivity contribution in [3.63, 3.8) is 0 Å². The molecule has 4 aliphatic rings. The van der Waals surface area contributed by atoms with Gasteiger partial charge in [0.25, 0.3) is 0 Å². The lowest BCUT2D eigenvalue weighted by Crippen LogP contribution is -2.30. The number of carbonyl (C=O) groups excluding carboxylic acids is 4. The molecule has 0 heterocycles. The molecule has 0 spiro atoms. The molecule has 0 saturated heterocycles. The fraction of sp³-hybridized carbons (Fsp3) is 0.706. The molecule has 8 nitrogen and oxygen atoms in total. The van der Waals surface area contributed by atoms with Crippen LogP contribution in [0.2, 0.25) is 0 Å². The molecule has 0 aliphatic heterocycles. The Balaban J connectivity index is 1.52. The van der Waals surface area contributed by atoms with Crippen molar-refractivity contribution in [2.75, 3.05) is 0 Å². The van der Waals surface area contributed by atoms with Crippen LogP contribution in [-0.4, -0.2) is 48.3 Å². The average molecular weight is 583 g/mol. The molecular formula is C34H46O8. The fourth-order valence-corrected chi connectivity index (χ4v) is 6.95. The second-order valence-electron chi connectivity index (χ2n) is 12.6. The first kappa shape index (κ1) is 30.6. The molecule has 4 fully saturated rings. The summed E-state index contributed by atoms with van der Waals surface area (Å²) >= 11 is 0. The van der Waals surface area contributed by atoms with Crippen LogP contribution in [0.5, 0.6) is 0 Å². The highest BCUT2D eigenvalue weighted by Gasteiger charge is 2.36. The van der Waals surface area contributed by atoms with E-state index in [1.807, 2.05) is 0 Å². The number of hydrogen-bond donors (Lipinski definition) is 0. The molecule has 0 aromatic heterocycles. The summed E-state index contributed by atoms with van der Waals surface area (Å²) in [5.41, 5.74) is -0.599. The maximum atomic E-state index is 13.9. The molecule has 1 aromatic carbocycles. The van der Waals surface area contributed by atoms with Gasteiger partial charge in [-0.3, -0.25) is 0 Å². The van der Waals surface area contributed by atoms with Crippen LogP contribution in [0.4, 0.5) is 0 Å². The topological polar surface area (TPSA) is 105 Å². The van der Waals surface area contributed by atoms with E-state index in [1.54, 1.807) is 0 Å². The third-order valence-corrected chi connectivity index (χ3v) is 9.36. The normalized spacial score (nSPS) is 21.3. The third-order valence-electron chi connectivity index (χ3n) is 9.36. The lowest BCUT2D eigenvalue weighted by molar-refractivity contribution is 0.0129. The Morgan fingerprint density at radius 2 is 0.619 bits per heavy atom. The largest absolute Gasteiger partial charge is 0.459 e. The number of hydrogen-bond acceptors (Lipinski definition) is 8. The molecule has 4 aliphatic carbocycles. The van der Waals surface area contributed by atoms with Crippen molar-refractivity contribution in [3.8, 4) is 0 Å². The van der Waals surface area contributed by atoms with Gasteiger partial charge in [-0.15, -0.1) is 0 Å². The maximum absolute atomic E-state index is 13.9. The first-order valence-corrected chi connectivity index (χ1v) is 16.5. The van der Waals surface area contributed by atoms with Gasteiger partial charge in [0.05, 0.1) is 22.3 Å². The summed E-state index contributed by atoms with van der Waals surface area (Å²) in [6.45, 7) is 0. The van der Waals surface area contributed by atoms with Gasteiger partial charge in [0, 0.05) is 0 Å². The summed E-state index contributed by atoms with van der Waals surface area (Å²) in [6, 6.07) is 2.83. The molecule has 0 bridgehead atoms. The minimum Gasteiger partial charge on any atom is -0.459 e. The summed E-state index contributed by atoms with van der Waals surface area (Å²) < 4.78 is 23.5. The second kappa shape index (κ2) is 15.0. The Kier molecular flexibility index (Phi) is 10.9. The molecule has 42 heavy (non-hydrogen) atoms. The van der Waals surface area contributed by atoms with Gasteiger partial charge in [-0.25, -0.2) is 19.2 Å². The van der Waals surface area contributed by atoms with E-state index < -0.39 is 23.9 Å². The third kappa shape index (κ3) is 7.93. The first-order valence-electron chi connectivity index (χ1n) is 16.5. The minimum atomic E-state index is -0.791. The Morgan fingerprint density at radius 3 is 0.881 bits per heavy atom. The molecule has 5 rings (SSSR count). The smallest absolute Gasteiger partial charge is 0.340 e. The second-order valence-corrected chi connectivity index (χ2v) is 12.6. The van der Waals surface area contributed by atoms with Gasteiger partial charge in [0.1, 0.15) is 24.4 Å². The molecule has 0 N–H and O–H groups in total. The van der Waals surface area contributed by atoms with Crippen molar-refractivity contribution in [2.24, 2.45) is 0 Å². The van der Waals surface area contributed by atoms with E-state index in [4.69, 9.17) is 18.9 Å². The minimum absolute atomic E-state index is 0.0637. The van der Waals surface area contributed by atoms with E-state index in [2.05, 4.69) is 0 Å². The molecule has 230 valence electrons.